The van der Waals surface area contributed by atoms with Crippen molar-refractivity contribution in [3.63, 3.8) is 0 Å². The van der Waals surface area contributed by atoms with Crippen molar-refractivity contribution in [3.05, 3.63) is 0 Å². The van der Waals surface area contributed by atoms with E-state index in [1.165, 1.54) is 0 Å². The topological polar surface area (TPSA) is 203 Å². The number of hydrogen-bond donors (Lipinski definition) is 6. The summed E-state index contributed by atoms with van der Waals surface area (Å²) in [6.45, 7) is 32.9. The molecule has 0 aliphatic heterocycles. The molecule has 5 amide bonds. The molecular weight excluding hydrogens is 709 g/mol. The molecule has 8 N–H and O–H groups in total. The van der Waals surface area contributed by atoms with Crippen LogP contribution >= 0.6 is 0 Å². The van der Waals surface area contributed by atoms with Crippen LogP contribution < -0.4 is 32.7 Å². The molecule has 0 saturated carbocycles. The third-order valence-electron chi connectivity index (χ3n) is 8.62. The first-order chi connectivity index (χ1) is 24.3. The fourth-order valence-corrected chi connectivity index (χ4v) is 6.34. The van der Waals surface area contributed by atoms with Crippen molar-refractivity contribution in [1.29, 1.82) is 0 Å². The van der Waals surface area contributed by atoms with Crippen molar-refractivity contribution >= 4 is 35.3 Å². The maximum atomic E-state index is 13.0. The monoisotopic (exact) mass is 799 g/mol. The molecule has 0 aromatic rings. The Hall–Kier alpha value is -3.02. The van der Waals surface area contributed by atoms with E-state index in [4.69, 9.17) is 11.5 Å². The number of primary amides is 2. The van der Waals surface area contributed by atoms with E-state index in [0.717, 1.165) is 19.3 Å². The van der Waals surface area contributed by atoms with Gasteiger partial charge in [0.05, 0.1) is 12.1 Å². The number of Topliss-reactive ketones (excluding diaryl/α,β-unsaturated/α-hetero) is 3. The number of carbonyl (C=O) groups excluding carboxylic acids is 6. The molecule has 0 aromatic carbocycles. The predicted octanol–water partition coefficient (Wildman–Crippen LogP) is 8.33. The third kappa shape index (κ3) is 30.2. The standard InChI is InChI=1S/2C21H41N3O3.2CH4/c1-14(2)12-15(13-20(3,4)5)18(26)24-16(17(25)21(6,7)8)10-9-11-23-19(22)27;1-14(2)12-16(24-21(6,7)8)17(25)13-15(18(26)20(3,4)5)10-9-11-23-19(22)27;;/h14-16H,9-13H2,1-8H3,(H,24,26)(H3,22,23,27);14-16,24H,9-13H2,1-8H3,(H3,22,23,27);2*1H4. The Balaban J connectivity index is -0.000000466. The summed E-state index contributed by atoms with van der Waals surface area (Å²) in [6, 6.07) is -1.97. The van der Waals surface area contributed by atoms with E-state index >= 15 is 0 Å². The van der Waals surface area contributed by atoms with Crippen LogP contribution in [0.5, 0.6) is 0 Å². The third-order valence-corrected chi connectivity index (χ3v) is 8.62. The number of nitrogens with two attached hydrogens (primary N) is 2. The van der Waals surface area contributed by atoms with Gasteiger partial charge >= 0.3 is 12.1 Å². The highest BCUT2D eigenvalue weighted by Gasteiger charge is 2.35. The second-order valence-corrected chi connectivity index (χ2v) is 20.2. The highest BCUT2D eigenvalue weighted by Crippen LogP contribution is 2.30. The summed E-state index contributed by atoms with van der Waals surface area (Å²) in [6.07, 6.45) is 4.77. The van der Waals surface area contributed by atoms with Gasteiger partial charge in [-0.1, -0.05) is 105 Å². The highest BCUT2D eigenvalue weighted by atomic mass is 16.2. The van der Waals surface area contributed by atoms with Crippen molar-refractivity contribution in [1.82, 2.24) is 21.3 Å². The highest BCUT2D eigenvalue weighted by molar-refractivity contribution is 5.93. The molecule has 0 aliphatic rings. The summed E-state index contributed by atoms with van der Waals surface area (Å²) in [5, 5.41) is 11.5. The maximum Gasteiger partial charge on any atom is 0.312 e. The van der Waals surface area contributed by atoms with E-state index in [-0.39, 0.29) is 73.4 Å². The van der Waals surface area contributed by atoms with E-state index in [2.05, 4.69) is 69.7 Å². The summed E-state index contributed by atoms with van der Waals surface area (Å²) in [4.78, 5) is 73.4. The van der Waals surface area contributed by atoms with Crippen LogP contribution in [-0.2, 0) is 19.2 Å². The SMILES string of the molecule is C.C.CC(C)CC(CC(C)(C)C)C(=O)NC(CCCNC(N)=O)C(=O)C(C)(C)C.CC(C)CC(NC(C)(C)C)C(=O)CC(CCCNC(N)=O)C(=O)C(C)(C)C. The van der Waals surface area contributed by atoms with Gasteiger partial charge < -0.3 is 32.7 Å². The Morgan fingerprint density at radius 3 is 1.36 bits per heavy atom. The molecule has 0 spiro atoms. The maximum absolute atomic E-state index is 13.0. The number of amides is 5. The number of hydrogen-bond acceptors (Lipinski definition) is 7. The molecule has 0 rings (SSSR count). The summed E-state index contributed by atoms with van der Waals surface area (Å²) in [5.41, 5.74) is 8.96. The van der Waals surface area contributed by atoms with Crippen LogP contribution in [0.15, 0.2) is 0 Å². The molecule has 56 heavy (non-hydrogen) atoms. The van der Waals surface area contributed by atoms with E-state index in [1.54, 1.807) is 0 Å². The van der Waals surface area contributed by atoms with Crippen molar-refractivity contribution in [3.8, 4) is 0 Å². The molecule has 0 fully saturated rings. The largest absolute Gasteiger partial charge is 0.352 e. The first-order valence-corrected chi connectivity index (χ1v) is 20.0. The first kappa shape index (κ1) is 59.7. The number of ketones is 3. The van der Waals surface area contributed by atoms with Crippen LogP contribution in [0.1, 0.15) is 177 Å². The van der Waals surface area contributed by atoms with Gasteiger partial charge in [0.1, 0.15) is 11.6 Å². The summed E-state index contributed by atoms with van der Waals surface area (Å²) < 4.78 is 0. The number of carbonyl (C=O) groups is 6. The van der Waals surface area contributed by atoms with Gasteiger partial charge in [-0.15, -0.1) is 0 Å². The predicted molar refractivity (Wildman–Crippen MR) is 234 cm³/mol. The number of nitrogens with one attached hydrogen (secondary N) is 4. The van der Waals surface area contributed by atoms with Gasteiger partial charge in [0.25, 0.3) is 0 Å². The lowest BCUT2D eigenvalue weighted by molar-refractivity contribution is -0.134. The van der Waals surface area contributed by atoms with Crippen LogP contribution in [0.3, 0.4) is 0 Å². The molecule has 0 heterocycles. The molecule has 12 heteroatoms. The molecule has 4 unspecified atom stereocenters. The molecule has 12 nitrogen and oxygen atoms in total. The van der Waals surface area contributed by atoms with E-state index in [9.17, 15) is 28.8 Å². The average molecular weight is 799 g/mol. The van der Waals surface area contributed by atoms with Gasteiger partial charge in [-0.3, -0.25) is 19.2 Å². The van der Waals surface area contributed by atoms with Crippen LogP contribution in [-0.4, -0.2) is 66.0 Å². The lowest BCUT2D eigenvalue weighted by atomic mass is 9.78. The zero-order chi connectivity index (χ0) is 42.8. The Bertz CT molecular complexity index is 1100. The normalized spacial score (nSPS) is 14.1. The zero-order valence-electron chi connectivity index (χ0n) is 37.1. The van der Waals surface area contributed by atoms with Crippen LogP contribution in [0.25, 0.3) is 0 Å². The van der Waals surface area contributed by atoms with Crippen molar-refractivity contribution in [2.45, 2.75) is 195 Å². The fraction of sp³-hybridized carbons (Fsp3) is 0.864. The van der Waals surface area contributed by atoms with Crippen LogP contribution in [0, 0.1) is 39.9 Å². The van der Waals surface area contributed by atoms with Crippen molar-refractivity contribution in [2.24, 2.45) is 51.4 Å². The zero-order valence-corrected chi connectivity index (χ0v) is 37.1. The second kappa shape index (κ2) is 26.8. The quantitative estimate of drug-likeness (QED) is 0.0626. The van der Waals surface area contributed by atoms with Crippen molar-refractivity contribution < 1.29 is 28.8 Å². The Kier molecular flexibility index (Phi) is 28.6. The molecule has 0 bridgehead atoms. The van der Waals surface area contributed by atoms with E-state index in [1.807, 2.05) is 62.3 Å². The molecule has 0 radical (unpaired) electrons. The van der Waals surface area contributed by atoms with Gasteiger partial charge in [-0.2, -0.15) is 0 Å². The molecule has 0 saturated heterocycles. The van der Waals surface area contributed by atoms with E-state index in [0.29, 0.717) is 50.6 Å². The number of rotatable bonds is 21. The Labute approximate surface area is 343 Å². The van der Waals surface area contributed by atoms with Gasteiger partial charge in [-0.05, 0) is 83.0 Å². The number of urea groups is 2. The summed E-state index contributed by atoms with van der Waals surface area (Å²) in [5.74, 6) is 0.453. The minimum absolute atomic E-state index is 0. The van der Waals surface area contributed by atoms with Gasteiger partial charge in [0, 0.05) is 47.7 Å². The minimum atomic E-state index is -0.583. The second-order valence-electron chi connectivity index (χ2n) is 20.2. The van der Waals surface area contributed by atoms with E-state index < -0.39 is 28.9 Å². The van der Waals surface area contributed by atoms with Crippen LogP contribution in [0.2, 0.25) is 0 Å². The summed E-state index contributed by atoms with van der Waals surface area (Å²) >= 11 is 0. The molecule has 4 atom stereocenters. The summed E-state index contributed by atoms with van der Waals surface area (Å²) in [7, 11) is 0. The van der Waals surface area contributed by atoms with Gasteiger partial charge in [0.2, 0.25) is 5.91 Å². The lowest BCUT2D eigenvalue weighted by Gasteiger charge is -2.31. The smallest absolute Gasteiger partial charge is 0.312 e. The first-order valence-electron chi connectivity index (χ1n) is 20.0. The fourth-order valence-electron chi connectivity index (χ4n) is 6.34. The van der Waals surface area contributed by atoms with Crippen molar-refractivity contribution in [2.75, 3.05) is 13.1 Å². The Morgan fingerprint density at radius 2 is 1.00 bits per heavy atom. The average Bonchev–Trinajstić information content (AvgIpc) is 2.95. The van der Waals surface area contributed by atoms with Gasteiger partial charge in [-0.25, -0.2) is 9.59 Å². The molecule has 0 aliphatic carbocycles. The Morgan fingerprint density at radius 1 is 0.571 bits per heavy atom. The molecular formula is C44H90N6O6. The minimum Gasteiger partial charge on any atom is -0.352 e. The van der Waals surface area contributed by atoms with Crippen LogP contribution in [0.4, 0.5) is 9.59 Å². The van der Waals surface area contributed by atoms with Gasteiger partial charge in [0.15, 0.2) is 5.78 Å². The molecule has 332 valence electrons. The lowest BCUT2D eigenvalue weighted by Crippen LogP contribution is -2.49. The molecule has 0 aromatic heterocycles.